The van der Waals surface area contributed by atoms with Gasteiger partial charge in [0, 0.05) is 11.3 Å². The van der Waals surface area contributed by atoms with E-state index in [4.69, 9.17) is 4.99 Å². The number of rotatable bonds is 1. The molecule has 1 aromatic carbocycles. The maximum atomic E-state index is 5.03. The van der Waals surface area contributed by atoms with Gasteiger partial charge >= 0.3 is 0 Å². The van der Waals surface area contributed by atoms with Gasteiger partial charge in [-0.05, 0) is 55.6 Å². The van der Waals surface area contributed by atoms with E-state index in [0.717, 1.165) is 18.8 Å². The highest BCUT2D eigenvalue weighted by molar-refractivity contribution is 8.14. The average molecular weight is 300 g/mol. The molecule has 0 unspecified atom stereocenters. The summed E-state index contributed by atoms with van der Waals surface area (Å²) in [5, 5.41) is 5.00. The summed E-state index contributed by atoms with van der Waals surface area (Å²) >= 11 is 1.95. The molecule has 2 aliphatic carbocycles. The molecule has 0 bridgehead atoms. The van der Waals surface area contributed by atoms with Crippen LogP contribution < -0.4 is 5.32 Å². The first-order valence-corrected chi connectivity index (χ1v) is 9.27. The van der Waals surface area contributed by atoms with Gasteiger partial charge in [-0.2, -0.15) is 0 Å². The van der Waals surface area contributed by atoms with E-state index in [9.17, 15) is 0 Å². The average Bonchev–Trinajstić information content (AvgIpc) is 3.07. The summed E-state index contributed by atoms with van der Waals surface area (Å²) in [5.41, 5.74) is 3.36. The molecule has 21 heavy (non-hydrogen) atoms. The van der Waals surface area contributed by atoms with Crippen molar-refractivity contribution in [2.45, 2.75) is 57.0 Å². The summed E-state index contributed by atoms with van der Waals surface area (Å²) in [4.78, 5) is 5.03. The van der Waals surface area contributed by atoms with Gasteiger partial charge in [0.2, 0.25) is 0 Å². The Morgan fingerprint density at radius 3 is 2.48 bits per heavy atom. The molecule has 2 nitrogen and oxygen atoms in total. The molecule has 1 aliphatic heterocycles. The molecular weight excluding hydrogens is 276 g/mol. The van der Waals surface area contributed by atoms with E-state index in [2.05, 4.69) is 36.5 Å². The van der Waals surface area contributed by atoms with Gasteiger partial charge in [0.15, 0.2) is 5.17 Å². The second-order valence-electron chi connectivity index (χ2n) is 7.14. The van der Waals surface area contributed by atoms with Gasteiger partial charge in [-0.1, -0.05) is 43.0 Å². The monoisotopic (exact) mass is 300 g/mol. The highest BCUT2D eigenvalue weighted by atomic mass is 32.2. The van der Waals surface area contributed by atoms with Crippen molar-refractivity contribution >= 4 is 16.9 Å². The van der Waals surface area contributed by atoms with Crippen molar-refractivity contribution < 1.29 is 0 Å². The van der Waals surface area contributed by atoms with E-state index in [1.54, 1.807) is 0 Å². The molecule has 112 valence electrons. The Hall–Kier alpha value is -0.960. The molecular formula is C18H24N2S. The number of hydrogen-bond acceptors (Lipinski definition) is 2. The van der Waals surface area contributed by atoms with E-state index in [1.807, 2.05) is 11.8 Å². The van der Waals surface area contributed by atoms with Gasteiger partial charge in [0.25, 0.3) is 0 Å². The third kappa shape index (κ3) is 2.73. The molecule has 3 aliphatic rings. The molecule has 3 heteroatoms. The minimum absolute atomic E-state index is 0.363. The van der Waals surface area contributed by atoms with E-state index in [1.165, 1.54) is 47.7 Å². The SMILES string of the molecule is CC1CCC2(CC1)CSC(=NC1Cc3ccccc3C1)N2. The van der Waals surface area contributed by atoms with Gasteiger partial charge in [-0.3, -0.25) is 4.99 Å². The van der Waals surface area contributed by atoms with Crippen LogP contribution in [0.1, 0.15) is 43.7 Å². The number of hydrogen-bond donors (Lipinski definition) is 1. The Bertz CT molecular complexity index is 533. The lowest BCUT2D eigenvalue weighted by Crippen LogP contribution is -2.46. The van der Waals surface area contributed by atoms with Crippen molar-refractivity contribution in [3.63, 3.8) is 0 Å². The lowest BCUT2D eigenvalue weighted by Gasteiger charge is -2.35. The fourth-order valence-corrected chi connectivity index (χ4v) is 5.24. The summed E-state index contributed by atoms with van der Waals surface area (Å²) < 4.78 is 0. The zero-order valence-corrected chi connectivity index (χ0v) is 13.6. The van der Waals surface area contributed by atoms with Crippen LogP contribution >= 0.6 is 11.8 Å². The van der Waals surface area contributed by atoms with Crippen molar-refractivity contribution in [2.75, 3.05) is 5.75 Å². The zero-order chi connectivity index (χ0) is 14.3. The molecule has 4 rings (SSSR count). The Kier molecular flexibility index (Phi) is 3.49. The summed E-state index contributed by atoms with van der Waals surface area (Å²) in [6.45, 7) is 2.39. The van der Waals surface area contributed by atoms with Crippen molar-refractivity contribution in [2.24, 2.45) is 10.9 Å². The molecule has 0 aromatic heterocycles. The van der Waals surface area contributed by atoms with Gasteiger partial charge < -0.3 is 5.32 Å². The predicted molar refractivity (Wildman–Crippen MR) is 91.0 cm³/mol. The maximum Gasteiger partial charge on any atom is 0.157 e. The van der Waals surface area contributed by atoms with Crippen LogP contribution in [0.2, 0.25) is 0 Å². The van der Waals surface area contributed by atoms with Crippen LogP contribution in [0.5, 0.6) is 0 Å². The molecule has 1 saturated carbocycles. The Morgan fingerprint density at radius 1 is 1.14 bits per heavy atom. The van der Waals surface area contributed by atoms with Crippen LogP contribution in [0.3, 0.4) is 0 Å². The van der Waals surface area contributed by atoms with Crippen molar-refractivity contribution in [3.05, 3.63) is 35.4 Å². The fraction of sp³-hybridized carbons (Fsp3) is 0.611. The molecule has 1 aromatic rings. The second kappa shape index (κ2) is 5.35. The Labute approximate surface area is 131 Å². The summed E-state index contributed by atoms with van der Waals surface area (Å²) in [7, 11) is 0. The first-order chi connectivity index (χ1) is 10.2. The topological polar surface area (TPSA) is 24.4 Å². The second-order valence-corrected chi connectivity index (χ2v) is 8.11. The third-order valence-corrected chi connectivity index (χ3v) is 6.60. The van der Waals surface area contributed by atoms with Crippen LogP contribution in [-0.2, 0) is 12.8 Å². The number of nitrogens with zero attached hydrogens (tertiary/aromatic N) is 1. The van der Waals surface area contributed by atoms with Crippen LogP contribution in [-0.4, -0.2) is 22.5 Å². The van der Waals surface area contributed by atoms with Crippen molar-refractivity contribution in [1.82, 2.24) is 5.32 Å². The molecule has 1 N–H and O–H groups in total. The number of fused-ring (bicyclic) bond motifs is 1. The normalized spacial score (nSPS) is 34.3. The van der Waals surface area contributed by atoms with Gasteiger partial charge in [0.1, 0.15) is 0 Å². The zero-order valence-electron chi connectivity index (χ0n) is 12.8. The van der Waals surface area contributed by atoms with Crippen LogP contribution in [0, 0.1) is 5.92 Å². The molecule has 0 amide bonds. The number of benzene rings is 1. The van der Waals surface area contributed by atoms with Gasteiger partial charge in [0.05, 0.1) is 6.04 Å². The first kappa shape index (κ1) is 13.7. The summed E-state index contributed by atoms with van der Waals surface area (Å²) in [6.07, 6.45) is 7.62. The molecule has 1 heterocycles. The number of aliphatic imine (C=N–C) groups is 1. The molecule has 1 spiro atoms. The molecule has 0 atom stereocenters. The number of thioether (sulfide) groups is 1. The Morgan fingerprint density at radius 2 is 1.81 bits per heavy atom. The number of amidine groups is 1. The lowest BCUT2D eigenvalue weighted by atomic mass is 9.78. The third-order valence-electron chi connectivity index (χ3n) is 5.42. The molecule has 1 saturated heterocycles. The highest BCUT2D eigenvalue weighted by Gasteiger charge is 2.40. The van der Waals surface area contributed by atoms with Gasteiger partial charge in [-0.25, -0.2) is 0 Å². The van der Waals surface area contributed by atoms with E-state index in [-0.39, 0.29) is 0 Å². The highest BCUT2D eigenvalue weighted by Crippen LogP contribution is 2.38. The summed E-state index contributed by atoms with van der Waals surface area (Å²) in [6, 6.07) is 9.27. The standard InChI is InChI=1S/C18H24N2S/c1-13-6-8-18(9-7-13)12-21-17(20-18)19-16-10-14-4-2-3-5-15(14)11-16/h2-5,13,16H,6-12H2,1H3,(H,19,20). The smallest absolute Gasteiger partial charge is 0.157 e. The largest absolute Gasteiger partial charge is 0.359 e. The minimum Gasteiger partial charge on any atom is -0.359 e. The lowest BCUT2D eigenvalue weighted by molar-refractivity contribution is 0.250. The van der Waals surface area contributed by atoms with E-state index < -0.39 is 0 Å². The van der Waals surface area contributed by atoms with Crippen LogP contribution in [0.15, 0.2) is 29.3 Å². The van der Waals surface area contributed by atoms with Crippen molar-refractivity contribution in [3.8, 4) is 0 Å². The van der Waals surface area contributed by atoms with Crippen molar-refractivity contribution in [1.29, 1.82) is 0 Å². The van der Waals surface area contributed by atoms with Gasteiger partial charge in [-0.15, -0.1) is 0 Å². The quantitative estimate of drug-likeness (QED) is 0.853. The molecule has 0 radical (unpaired) electrons. The predicted octanol–water partition coefficient (Wildman–Crippen LogP) is 3.80. The fourth-order valence-electron chi connectivity index (χ4n) is 3.95. The van der Waals surface area contributed by atoms with Crippen LogP contribution in [0.4, 0.5) is 0 Å². The van der Waals surface area contributed by atoms with E-state index in [0.29, 0.717) is 11.6 Å². The first-order valence-electron chi connectivity index (χ1n) is 8.28. The maximum absolute atomic E-state index is 5.03. The summed E-state index contributed by atoms with van der Waals surface area (Å²) in [5.74, 6) is 2.13. The number of nitrogens with one attached hydrogen (secondary N) is 1. The Balaban J connectivity index is 1.42. The van der Waals surface area contributed by atoms with E-state index >= 15 is 0 Å². The minimum atomic E-state index is 0.363. The van der Waals surface area contributed by atoms with Crippen LogP contribution in [0.25, 0.3) is 0 Å². The molecule has 2 fully saturated rings.